The number of ether oxygens (including phenoxy) is 1. The first-order chi connectivity index (χ1) is 10.2. The molecule has 0 aliphatic carbocycles. The molecule has 2 aromatic rings. The summed E-state index contributed by atoms with van der Waals surface area (Å²) in [6.07, 6.45) is -0.427. The van der Waals surface area contributed by atoms with Crippen LogP contribution in [0.3, 0.4) is 0 Å². The second-order valence-corrected chi connectivity index (χ2v) is 5.00. The fraction of sp³-hybridized carbons (Fsp3) is 0.294. The maximum absolute atomic E-state index is 12.7. The van der Waals surface area contributed by atoms with Crippen LogP contribution in [0.15, 0.2) is 48.5 Å². The number of alkyl halides is 1. The predicted octanol–water partition coefficient (Wildman–Crippen LogP) is 2.80. The molecule has 0 amide bonds. The summed E-state index contributed by atoms with van der Waals surface area (Å²) in [5.74, 6) is 0. The van der Waals surface area contributed by atoms with E-state index in [4.69, 9.17) is 16.2 Å². The fourth-order valence-corrected chi connectivity index (χ4v) is 2.34. The van der Waals surface area contributed by atoms with Gasteiger partial charge in [-0.25, -0.2) is 4.39 Å². The zero-order valence-electron chi connectivity index (χ0n) is 12.1. The minimum absolute atomic E-state index is 0.427. The molecule has 0 saturated heterocycles. The average molecular weight is 288 g/mol. The third-order valence-corrected chi connectivity index (χ3v) is 3.58. The van der Waals surface area contributed by atoms with Crippen molar-refractivity contribution < 1.29 is 9.13 Å². The molecule has 2 aromatic carbocycles. The van der Waals surface area contributed by atoms with Crippen molar-refractivity contribution in [2.24, 2.45) is 11.5 Å². The second-order valence-electron chi connectivity index (χ2n) is 5.00. The number of benzene rings is 2. The van der Waals surface area contributed by atoms with Gasteiger partial charge in [0.15, 0.2) is 0 Å². The van der Waals surface area contributed by atoms with Gasteiger partial charge in [0.05, 0.1) is 12.1 Å². The molecule has 2 unspecified atom stereocenters. The van der Waals surface area contributed by atoms with Crippen LogP contribution in [0.25, 0.3) is 11.1 Å². The quantitative estimate of drug-likeness (QED) is 0.859. The first-order valence-corrected chi connectivity index (χ1v) is 6.93. The summed E-state index contributed by atoms with van der Waals surface area (Å²) in [4.78, 5) is 0. The van der Waals surface area contributed by atoms with E-state index in [0.29, 0.717) is 6.54 Å². The summed E-state index contributed by atoms with van der Waals surface area (Å²) in [6, 6.07) is 15.3. The van der Waals surface area contributed by atoms with Gasteiger partial charge in [-0.1, -0.05) is 48.5 Å². The van der Waals surface area contributed by atoms with Crippen LogP contribution >= 0.6 is 0 Å². The molecule has 0 spiro atoms. The van der Waals surface area contributed by atoms with E-state index in [0.717, 1.165) is 22.3 Å². The van der Waals surface area contributed by atoms with Gasteiger partial charge in [0, 0.05) is 13.7 Å². The predicted molar refractivity (Wildman–Crippen MR) is 83.5 cm³/mol. The van der Waals surface area contributed by atoms with Crippen molar-refractivity contribution in [1.82, 2.24) is 0 Å². The van der Waals surface area contributed by atoms with Crippen LogP contribution in [0, 0.1) is 0 Å². The van der Waals surface area contributed by atoms with E-state index in [1.165, 1.54) is 0 Å². The monoisotopic (exact) mass is 288 g/mol. The van der Waals surface area contributed by atoms with E-state index >= 15 is 0 Å². The Hall–Kier alpha value is -1.75. The van der Waals surface area contributed by atoms with E-state index < -0.39 is 18.8 Å². The molecule has 2 rings (SSSR count). The van der Waals surface area contributed by atoms with Gasteiger partial charge in [-0.05, 0) is 22.3 Å². The lowest BCUT2D eigenvalue weighted by Gasteiger charge is -2.20. The number of hydrogen-bond donors (Lipinski definition) is 2. The molecule has 0 aliphatic heterocycles. The van der Waals surface area contributed by atoms with Gasteiger partial charge in [-0.2, -0.15) is 0 Å². The minimum atomic E-state index is -0.648. The van der Waals surface area contributed by atoms with E-state index in [1.807, 2.05) is 48.5 Å². The average Bonchev–Trinajstić information content (AvgIpc) is 2.56. The third-order valence-electron chi connectivity index (χ3n) is 3.58. The third kappa shape index (κ3) is 3.67. The molecular weight excluding hydrogens is 267 g/mol. The molecule has 112 valence electrons. The maximum Gasteiger partial charge on any atom is 0.107 e. The SMILES string of the molecule is COC(c1ccc(-c2ccc(CN)cc2)cc1)C(N)CF. The zero-order chi connectivity index (χ0) is 15.2. The normalized spacial score (nSPS) is 13.9. The Morgan fingerprint density at radius 1 is 1.00 bits per heavy atom. The summed E-state index contributed by atoms with van der Waals surface area (Å²) in [7, 11) is 1.54. The Labute approximate surface area is 124 Å². The summed E-state index contributed by atoms with van der Waals surface area (Å²) in [6.45, 7) is -0.0728. The van der Waals surface area contributed by atoms with Gasteiger partial charge in [-0.15, -0.1) is 0 Å². The van der Waals surface area contributed by atoms with Gasteiger partial charge < -0.3 is 16.2 Å². The number of nitrogens with two attached hydrogens (primary N) is 2. The standard InChI is InChI=1S/C17H21FN2O/c1-21-17(16(20)10-18)15-8-6-14(7-9-15)13-4-2-12(11-19)3-5-13/h2-9,16-17H,10-11,19-20H2,1H3. The Morgan fingerprint density at radius 3 is 1.95 bits per heavy atom. The number of halogens is 1. The first-order valence-electron chi connectivity index (χ1n) is 6.93. The van der Waals surface area contributed by atoms with Crippen molar-refractivity contribution in [1.29, 1.82) is 0 Å². The van der Waals surface area contributed by atoms with Gasteiger partial charge >= 0.3 is 0 Å². The molecule has 0 bridgehead atoms. The van der Waals surface area contributed by atoms with Gasteiger partial charge in [0.25, 0.3) is 0 Å². The van der Waals surface area contributed by atoms with Crippen molar-refractivity contribution in [3.8, 4) is 11.1 Å². The number of hydrogen-bond acceptors (Lipinski definition) is 3. The lowest BCUT2D eigenvalue weighted by atomic mass is 9.98. The second kappa shape index (κ2) is 7.31. The Kier molecular flexibility index (Phi) is 5.44. The lowest BCUT2D eigenvalue weighted by Crippen LogP contribution is -2.31. The Morgan fingerprint density at radius 2 is 1.52 bits per heavy atom. The molecule has 4 heteroatoms. The summed E-state index contributed by atoms with van der Waals surface area (Å²) < 4.78 is 18.0. The zero-order valence-corrected chi connectivity index (χ0v) is 12.1. The lowest BCUT2D eigenvalue weighted by molar-refractivity contribution is 0.0721. The van der Waals surface area contributed by atoms with E-state index in [1.54, 1.807) is 7.11 Å². The van der Waals surface area contributed by atoms with Crippen LogP contribution in [0.1, 0.15) is 17.2 Å². The molecule has 2 atom stereocenters. The van der Waals surface area contributed by atoms with E-state index in [9.17, 15) is 4.39 Å². The molecule has 0 aliphatic rings. The molecule has 0 heterocycles. The molecular formula is C17H21FN2O. The van der Waals surface area contributed by atoms with Crippen LogP contribution in [-0.4, -0.2) is 19.8 Å². The van der Waals surface area contributed by atoms with E-state index in [-0.39, 0.29) is 0 Å². The molecule has 0 aromatic heterocycles. The Bertz CT molecular complexity index is 554. The summed E-state index contributed by atoms with van der Waals surface area (Å²) in [5, 5.41) is 0. The molecule has 0 radical (unpaired) electrons. The largest absolute Gasteiger partial charge is 0.375 e. The molecule has 4 N–H and O–H groups in total. The van der Waals surface area contributed by atoms with Crippen LogP contribution in [-0.2, 0) is 11.3 Å². The minimum Gasteiger partial charge on any atom is -0.375 e. The van der Waals surface area contributed by atoms with Crippen LogP contribution in [0.2, 0.25) is 0 Å². The van der Waals surface area contributed by atoms with Crippen molar-refractivity contribution in [3.63, 3.8) is 0 Å². The Balaban J connectivity index is 2.21. The maximum atomic E-state index is 12.7. The smallest absolute Gasteiger partial charge is 0.107 e. The molecule has 21 heavy (non-hydrogen) atoms. The van der Waals surface area contributed by atoms with E-state index in [2.05, 4.69) is 0 Å². The highest BCUT2D eigenvalue weighted by Crippen LogP contribution is 2.25. The summed E-state index contributed by atoms with van der Waals surface area (Å²) in [5.41, 5.74) is 15.5. The topological polar surface area (TPSA) is 61.3 Å². The van der Waals surface area contributed by atoms with Crippen molar-refractivity contribution in [2.75, 3.05) is 13.8 Å². The van der Waals surface area contributed by atoms with Crippen molar-refractivity contribution in [2.45, 2.75) is 18.7 Å². The summed E-state index contributed by atoms with van der Waals surface area (Å²) >= 11 is 0. The van der Waals surface area contributed by atoms with Crippen LogP contribution < -0.4 is 11.5 Å². The number of rotatable bonds is 6. The first kappa shape index (κ1) is 15.6. The van der Waals surface area contributed by atoms with Gasteiger partial charge in [-0.3, -0.25) is 0 Å². The molecule has 0 fully saturated rings. The van der Waals surface area contributed by atoms with Crippen LogP contribution in [0.4, 0.5) is 4.39 Å². The van der Waals surface area contributed by atoms with Gasteiger partial charge in [0.1, 0.15) is 6.67 Å². The van der Waals surface area contributed by atoms with Crippen molar-refractivity contribution >= 4 is 0 Å². The highest BCUT2D eigenvalue weighted by molar-refractivity contribution is 5.64. The highest BCUT2D eigenvalue weighted by atomic mass is 19.1. The van der Waals surface area contributed by atoms with Crippen LogP contribution in [0.5, 0.6) is 0 Å². The molecule has 0 saturated carbocycles. The van der Waals surface area contributed by atoms with Crippen molar-refractivity contribution in [3.05, 3.63) is 59.7 Å². The number of methoxy groups -OCH3 is 1. The fourth-order valence-electron chi connectivity index (χ4n) is 2.34. The highest BCUT2D eigenvalue weighted by Gasteiger charge is 2.19. The molecule has 3 nitrogen and oxygen atoms in total. The van der Waals surface area contributed by atoms with Gasteiger partial charge in [0.2, 0.25) is 0 Å².